The predicted octanol–water partition coefficient (Wildman–Crippen LogP) is 1.74. The van der Waals surface area contributed by atoms with E-state index in [1.54, 1.807) is 7.11 Å². The van der Waals surface area contributed by atoms with Gasteiger partial charge in [0.05, 0.1) is 25.9 Å². The summed E-state index contributed by atoms with van der Waals surface area (Å²) < 4.78 is 10.2. The summed E-state index contributed by atoms with van der Waals surface area (Å²) in [4.78, 5) is 1.49. The molecule has 2 rings (SSSR count). The lowest BCUT2D eigenvalue weighted by molar-refractivity contribution is 0.0127. The molecule has 1 aromatic heterocycles. The third-order valence-corrected chi connectivity index (χ3v) is 4.39. The Morgan fingerprint density at radius 3 is 3.26 bits per heavy atom. The molecule has 0 saturated heterocycles. The lowest BCUT2D eigenvalue weighted by Gasteiger charge is -2.25. The summed E-state index contributed by atoms with van der Waals surface area (Å²) in [6.07, 6.45) is 3.13. The first-order chi connectivity index (χ1) is 9.31. The van der Waals surface area contributed by atoms with Crippen molar-refractivity contribution < 1.29 is 14.6 Å². The first kappa shape index (κ1) is 14.9. The van der Waals surface area contributed by atoms with Crippen molar-refractivity contribution in [3.63, 3.8) is 0 Å². The van der Waals surface area contributed by atoms with E-state index in [2.05, 4.69) is 16.8 Å². The number of aryl methyl sites for hydroxylation is 1. The van der Waals surface area contributed by atoms with Crippen molar-refractivity contribution in [3.8, 4) is 0 Å². The van der Waals surface area contributed by atoms with Gasteiger partial charge in [-0.25, -0.2) is 0 Å². The molecule has 0 bridgehead atoms. The van der Waals surface area contributed by atoms with Crippen LogP contribution in [0.15, 0.2) is 11.4 Å². The van der Waals surface area contributed by atoms with Crippen molar-refractivity contribution in [3.05, 3.63) is 21.9 Å². The largest absolute Gasteiger partial charge is 0.389 e. The van der Waals surface area contributed by atoms with Gasteiger partial charge in [0, 0.05) is 24.6 Å². The second kappa shape index (κ2) is 7.97. The molecule has 4 nitrogen and oxygen atoms in total. The van der Waals surface area contributed by atoms with E-state index in [-0.39, 0.29) is 0 Å². The number of ether oxygens (including phenoxy) is 2. The fourth-order valence-corrected chi connectivity index (χ4v) is 3.38. The summed E-state index contributed by atoms with van der Waals surface area (Å²) in [5.41, 5.74) is 1.42. The fourth-order valence-electron chi connectivity index (χ4n) is 2.40. The van der Waals surface area contributed by atoms with Gasteiger partial charge in [0.25, 0.3) is 0 Å². The highest BCUT2D eigenvalue weighted by molar-refractivity contribution is 7.10. The number of rotatable bonds is 8. The van der Waals surface area contributed by atoms with Crippen LogP contribution in [0.3, 0.4) is 0 Å². The summed E-state index contributed by atoms with van der Waals surface area (Å²) in [5.74, 6) is 0. The summed E-state index contributed by atoms with van der Waals surface area (Å²) in [6, 6.07) is 2.60. The molecular weight excluding hydrogens is 262 g/mol. The summed E-state index contributed by atoms with van der Waals surface area (Å²) in [7, 11) is 1.64. The zero-order valence-corrected chi connectivity index (χ0v) is 12.2. The Labute approximate surface area is 118 Å². The Kier molecular flexibility index (Phi) is 6.26. The quantitative estimate of drug-likeness (QED) is 0.714. The van der Waals surface area contributed by atoms with Crippen LogP contribution in [0.25, 0.3) is 0 Å². The van der Waals surface area contributed by atoms with E-state index in [0.717, 1.165) is 6.42 Å². The van der Waals surface area contributed by atoms with Crippen LogP contribution < -0.4 is 5.32 Å². The van der Waals surface area contributed by atoms with Crippen molar-refractivity contribution in [2.24, 2.45) is 0 Å². The summed E-state index contributed by atoms with van der Waals surface area (Å²) >= 11 is 1.84. The molecule has 1 aliphatic rings. The molecule has 0 aliphatic heterocycles. The van der Waals surface area contributed by atoms with Gasteiger partial charge in [0.15, 0.2) is 0 Å². The zero-order valence-electron chi connectivity index (χ0n) is 11.4. The molecule has 1 aromatic rings. The highest BCUT2D eigenvalue weighted by Crippen LogP contribution is 2.33. The van der Waals surface area contributed by atoms with Gasteiger partial charge < -0.3 is 19.9 Å². The monoisotopic (exact) mass is 285 g/mol. The van der Waals surface area contributed by atoms with Crippen LogP contribution in [0, 0.1) is 0 Å². The maximum atomic E-state index is 9.85. The van der Waals surface area contributed by atoms with E-state index in [1.165, 1.54) is 23.3 Å². The smallest absolute Gasteiger partial charge is 0.0897 e. The van der Waals surface area contributed by atoms with E-state index in [0.29, 0.717) is 32.4 Å². The molecule has 0 saturated carbocycles. The highest BCUT2D eigenvalue weighted by Gasteiger charge is 2.21. The van der Waals surface area contributed by atoms with Gasteiger partial charge in [-0.05, 0) is 36.3 Å². The minimum absolute atomic E-state index is 0.361. The third-order valence-electron chi connectivity index (χ3n) is 3.39. The number of hydrogen-bond donors (Lipinski definition) is 2. The number of aliphatic hydroxyl groups excluding tert-OH is 1. The normalized spacial score (nSPS) is 20.2. The van der Waals surface area contributed by atoms with Gasteiger partial charge in [-0.15, -0.1) is 11.3 Å². The second-order valence-electron chi connectivity index (χ2n) is 4.87. The maximum absolute atomic E-state index is 9.85. The van der Waals surface area contributed by atoms with Gasteiger partial charge in [0.1, 0.15) is 0 Å². The van der Waals surface area contributed by atoms with Gasteiger partial charge in [-0.2, -0.15) is 0 Å². The first-order valence-electron chi connectivity index (χ1n) is 6.85. The molecule has 0 spiro atoms. The molecule has 2 atom stereocenters. The van der Waals surface area contributed by atoms with Crippen molar-refractivity contribution in [2.45, 2.75) is 31.4 Å². The number of methoxy groups -OCH3 is 1. The van der Waals surface area contributed by atoms with E-state index >= 15 is 0 Å². The van der Waals surface area contributed by atoms with Gasteiger partial charge in [-0.3, -0.25) is 0 Å². The van der Waals surface area contributed by atoms with E-state index < -0.39 is 6.10 Å². The lowest BCUT2D eigenvalue weighted by Crippen LogP contribution is -2.34. The summed E-state index contributed by atoms with van der Waals surface area (Å²) in [5, 5.41) is 15.5. The third kappa shape index (κ3) is 4.54. The SMILES string of the molecule is COCCOCC(O)CNC1CCCc2sccc21. The van der Waals surface area contributed by atoms with E-state index in [9.17, 15) is 5.11 Å². The molecule has 108 valence electrons. The molecule has 0 amide bonds. The molecule has 2 N–H and O–H groups in total. The number of hydrogen-bond acceptors (Lipinski definition) is 5. The average Bonchev–Trinajstić information content (AvgIpc) is 2.90. The standard InChI is InChI=1S/C14H23NO3S/c1-17-6-7-18-10-11(16)9-15-13-3-2-4-14-12(13)5-8-19-14/h5,8,11,13,15-16H,2-4,6-7,9-10H2,1H3. The number of thiophene rings is 1. The molecular formula is C14H23NO3S. The topological polar surface area (TPSA) is 50.7 Å². The molecule has 0 fully saturated rings. The molecule has 0 aromatic carbocycles. The molecule has 19 heavy (non-hydrogen) atoms. The van der Waals surface area contributed by atoms with Crippen molar-refractivity contribution in [1.29, 1.82) is 0 Å². The van der Waals surface area contributed by atoms with Gasteiger partial charge in [0.2, 0.25) is 0 Å². The van der Waals surface area contributed by atoms with E-state index in [1.807, 2.05) is 11.3 Å². The molecule has 5 heteroatoms. The summed E-state index contributed by atoms with van der Waals surface area (Å²) in [6.45, 7) is 2.04. The lowest BCUT2D eigenvalue weighted by atomic mass is 9.94. The van der Waals surface area contributed by atoms with Crippen molar-refractivity contribution >= 4 is 11.3 Å². The van der Waals surface area contributed by atoms with Crippen LogP contribution in [-0.4, -0.2) is 44.7 Å². The Morgan fingerprint density at radius 2 is 2.42 bits per heavy atom. The Morgan fingerprint density at radius 1 is 1.53 bits per heavy atom. The first-order valence-corrected chi connectivity index (χ1v) is 7.73. The Balaban J connectivity index is 1.68. The van der Waals surface area contributed by atoms with E-state index in [4.69, 9.17) is 9.47 Å². The van der Waals surface area contributed by atoms with Crippen LogP contribution in [0.5, 0.6) is 0 Å². The minimum Gasteiger partial charge on any atom is -0.389 e. The van der Waals surface area contributed by atoms with Crippen LogP contribution in [0.1, 0.15) is 29.3 Å². The second-order valence-corrected chi connectivity index (χ2v) is 5.87. The fraction of sp³-hybridized carbons (Fsp3) is 0.714. The molecule has 2 unspecified atom stereocenters. The average molecular weight is 285 g/mol. The predicted molar refractivity (Wildman–Crippen MR) is 76.7 cm³/mol. The van der Waals surface area contributed by atoms with Crippen molar-refractivity contribution in [1.82, 2.24) is 5.32 Å². The van der Waals surface area contributed by atoms with Crippen LogP contribution in [0.2, 0.25) is 0 Å². The number of aliphatic hydroxyl groups is 1. The van der Waals surface area contributed by atoms with Crippen LogP contribution in [0.4, 0.5) is 0 Å². The Hall–Kier alpha value is -0.460. The zero-order chi connectivity index (χ0) is 13.5. The van der Waals surface area contributed by atoms with Gasteiger partial charge >= 0.3 is 0 Å². The maximum Gasteiger partial charge on any atom is 0.0897 e. The highest BCUT2D eigenvalue weighted by atomic mass is 32.1. The van der Waals surface area contributed by atoms with Crippen LogP contribution in [-0.2, 0) is 15.9 Å². The Bertz CT molecular complexity index is 369. The number of fused-ring (bicyclic) bond motifs is 1. The van der Waals surface area contributed by atoms with Gasteiger partial charge in [-0.1, -0.05) is 0 Å². The molecule has 1 heterocycles. The minimum atomic E-state index is -0.458. The van der Waals surface area contributed by atoms with Crippen LogP contribution >= 0.6 is 11.3 Å². The van der Waals surface area contributed by atoms with Crippen molar-refractivity contribution in [2.75, 3.05) is 33.5 Å². The molecule has 1 aliphatic carbocycles. The molecule has 0 radical (unpaired) electrons. The number of nitrogens with one attached hydrogen (secondary N) is 1.